The Morgan fingerprint density at radius 1 is 0.971 bits per heavy atom. The summed E-state index contributed by atoms with van der Waals surface area (Å²) in [5.41, 5.74) is 2.79. The Morgan fingerprint density at radius 3 is 2.50 bits per heavy atom. The number of carbonyl (C=O) groups is 1. The van der Waals surface area contributed by atoms with Gasteiger partial charge in [0, 0.05) is 26.2 Å². The molecule has 1 aromatic heterocycles. The molecule has 0 N–H and O–H groups in total. The third-order valence-corrected chi connectivity index (χ3v) is 6.24. The number of ether oxygens (including phenoxy) is 1. The van der Waals surface area contributed by atoms with E-state index in [0.717, 1.165) is 35.4 Å². The van der Waals surface area contributed by atoms with Gasteiger partial charge in [-0.25, -0.2) is 0 Å². The summed E-state index contributed by atoms with van der Waals surface area (Å²) >= 11 is 0. The average Bonchev–Trinajstić information content (AvgIpc) is 3.32. The van der Waals surface area contributed by atoms with Crippen LogP contribution in [0.4, 0.5) is 0 Å². The van der Waals surface area contributed by atoms with Gasteiger partial charge in [-0.1, -0.05) is 48.0 Å². The highest BCUT2D eigenvalue weighted by Crippen LogP contribution is 2.30. The van der Waals surface area contributed by atoms with Crippen LogP contribution in [0.5, 0.6) is 5.75 Å². The zero-order valence-electron chi connectivity index (χ0n) is 19.5. The van der Waals surface area contributed by atoms with Crippen molar-refractivity contribution < 1.29 is 9.53 Å². The van der Waals surface area contributed by atoms with Crippen LogP contribution >= 0.6 is 0 Å². The number of amides is 1. The van der Waals surface area contributed by atoms with Crippen LogP contribution in [0, 0.1) is 6.92 Å². The summed E-state index contributed by atoms with van der Waals surface area (Å²) in [6, 6.07) is 20.0. The number of carbonyl (C=O) groups excluding carboxylic acids is 1. The van der Waals surface area contributed by atoms with E-state index in [-0.39, 0.29) is 5.91 Å². The third kappa shape index (κ3) is 4.36. The number of rotatable bonds is 6. The maximum absolute atomic E-state index is 13.6. The van der Waals surface area contributed by atoms with E-state index in [9.17, 15) is 4.79 Å². The van der Waals surface area contributed by atoms with Crippen molar-refractivity contribution in [3.05, 3.63) is 77.6 Å². The topological polar surface area (TPSA) is 76.4 Å². The van der Waals surface area contributed by atoms with Crippen LogP contribution in [0.15, 0.2) is 60.7 Å². The van der Waals surface area contributed by atoms with Crippen LogP contribution in [-0.2, 0) is 6.54 Å². The molecule has 3 aromatic carbocycles. The largest absolute Gasteiger partial charge is 0.493 e. The molecule has 34 heavy (non-hydrogen) atoms. The molecule has 1 aliphatic heterocycles. The molecule has 0 spiro atoms. The molecule has 0 aliphatic carbocycles. The molecule has 1 fully saturated rings. The fourth-order valence-corrected chi connectivity index (χ4v) is 4.41. The fourth-order valence-electron chi connectivity index (χ4n) is 4.41. The summed E-state index contributed by atoms with van der Waals surface area (Å²) in [7, 11) is 0. The zero-order chi connectivity index (χ0) is 23.5. The van der Waals surface area contributed by atoms with Crippen molar-refractivity contribution in [3.63, 3.8) is 0 Å². The summed E-state index contributed by atoms with van der Waals surface area (Å²) in [4.78, 5) is 17.8. The van der Waals surface area contributed by atoms with Crippen molar-refractivity contribution in [1.82, 2.24) is 30.0 Å². The van der Waals surface area contributed by atoms with Crippen LogP contribution in [0.25, 0.3) is 16.5 Å². The van der Waals surface area contributed by atoms with Gasteiger partial charge < -0.3 is 9.64 Å². The predicted octanol–water partition coefficient (Wildman–Crippen LogP) is 3.48. The first-order valence-electron chi connectivity index (χ1n) is 11.6. The molecule has 1 saturated heterocycles. The van der Waals surface area contributed by atoms with E-state index in [4.69, 9.17) is 4.74 Å². The molecule has 1 aliphatic rings. The minimum Gasteiger partial charge on any atom is -0.493 e. The Hall–Kier alpha value is -3.78. The first-order valence-corrected chi connectivity index (χ1v) is 11.6. The second-order valence-electron chi connectivity index (χ2n) is 8.50. The van der Waals surface area contributed by atoms with Gasteiger partial charge in [-0.3, -0.25) is 9.69 Å². The van der Waals surface area contributed by atoms with Crippen LogP contribution in [0.3, 0.4) is 0 Å². The molecule has 8 heteroatoms. The van der Waals surface area contributed by atoms with Gasteiger partial charge in [-0.05, 0) is 53.2 Å². The second-order valence-corrected chi connectivity index (χ2v) is 8.50. The van der Waals surface area contributed by atoms with Crippen molar-refractivity contribution in [1.29, 1.82) is 0 Å². The fraction of sp³-hybridized carbons (Fsp3) is 0.308. The van der Waals surface area contributed by atoms with Crippen LogP contribution in [0.1, 0.15) is 28.7 Å². The van der Waals surface area contributed by atoms with Gasteiger partial charge in [-0.15, -0.1) is 5.10 Å². The maximum Gasteiger partial charge on any atom is 0.258 e. The van der Waals surface area contributed by atoms with Gasteiger partial charge in [0.25, 0.3) is 5.91 Å². The van der Waals surface area contributed by atoms with E-state index in [0.29, 0.717) is 37.6 Å². The first kappa shape index (κ1) is 22.0. The Balaban J connectivity index is 1.30. The van der Waals surface area contributed by atoms with Gasteiger partial charge in [0.15, 0.2) is 5.82 Å². The van der Waals surface area contributed by atoms with Crippen molar-refractivity contribution in [2.75, 3.05) is 32.8 Å². The number of tetrazole rings is 1. The molecule has 0 saturated carbocycles. The third-order valence-electron chi connectivity index (χ3n) is 6.24. The molecule has 0 radical (unpaired) electrons. The molecule has 2 heterocycles. The standard InChI is InChI=1S/C26H28N6O2/c1-3-34-23-13-10-20-6-4-5-7-22(20)25(23)26(33)31-16-14-30(15-17-31)18-24-27-28-29-32(24)21-11-8-19(2)9-12-21/h4-13H,3,14-18H2,1-2H3. The summed E-state index contributed by atoms with van der Waals surface area (Å²) in [5, 5.41) is 14.3. The normalized spacial score (nSPS) is 14.5. The molecule has 8 nitrogen and oxygen atoms in total. The van der Waals surface area contributed by atoms with Crippen LogP contribution in [-0.4, -0.2) is 68.7 Å². The number of hydrogen-bond acceptors (Lipinski definition) is 6. The predicted molar refractivity (Wildman–Crippen MR) is 130 cm³/mol. The number of aromatic nitrogens is 4. The van der Waals surface area contributed by atoms with E-state index in [1.165, 1.54) is 5.56 Å². The summed E-state index contributed by atoms with van der Waals surface area (Å²) in [5.74, 6) is 1.45. The van der Waals surface area contributed by atoms with E-state index in [2.05, 4.69) is 39.5 Å². The number of hydrogen-bond donors (Lipinski definition) is 0. The number of nitrogens with zero attached hydrogens (tertiary/aromatic N) is 6. The van der Waals surface area contributed by atoms with Gasteiger partial charge >= 0.3 is 0 Å². The Morgan fingerprint density at radius 2 is 1.74 bits per heavy atom. The van der Waals surface area contributed by atoms with Crippen LogP contribution in [0.2, 0.25) is 0 Å². The van der Waals surface area contributed by atoms with E-state index >= 15 is 0 Å². The minimum absolute atomic E-state index is 0.0180. The zero-order valence-corrected chi connectivity index (χ0v) is 19.5. The van der Waals surface area contributed by atoms with Crippen molar-refractivity contribution >= 4 is 16.7 Å². The van der Waals surface area contributed by atoms with Crippen molar-refractivity contribution in [3.8, 4) is 11.4 Å². The quantitative estimate of drug-likeness (QED) is 0.442. The lowest BCUT2D eigenvalue weighted by Crippen LogP contribution is -2.48. The van der Waals surface area contributed by atoms with E-state index < -0.39 is 0 Å². The Labute approximate surface area is 198 Å². The second kappa shape index (κ2) is 9.61. The van der Waals surface area contributed by atoms with Gasteiger partial charge in [0.05, 0.1) is 24.4 Å². The smallest absolute Gasteiger partial charge is 0.258 e. The number of benzene rings is 3. The lowest BCUT2D eigenvalue weighted by molar-refractivity contribution is 0.0622. The summed E-state index contributed by atoms with van der Waals surface area (Å²) in [6.07, 6.45) is 0. The lowest BCUT2D eigenvalue weighted by atomic mass is 10.0. The molecule has 4 aromatic rings. The van der Waals surface area contributed by atoms with E-state index in [1.807, 2.05) is 60.4 Å². The maximum atomic E-state index is 13.6. The Bertz CT molecular complexity index is 1290. The lowest BCUT2D eigenvalue weighted by Gasteiger charge is -2.34. The molecular weight excluding hydrogens is 428 g/mol. The van der Waals surface area contributed by atoms with E-state index in [1.54, 1.807) is 4.68 Å². The minimum atomic E-state index is 0.0180. The number of aryl methyl sites for hydroxylation is 1. The van der Waals surface area contributed by atoms with Crippen molar-refractivity contribution in [2.45, 2.75) is 20.4 Å². The summed E-state index contributed by atoms with van der Waals surface area (Å²) in [6.45, 7) is 7.92. The first-order chi connectivity index (χ1) is 16.6. The van der Waals surface area contributed by atoms with Crippen molar-refractivity contribution in [2.24, 2.45) is 0 Å². The molecule has 1 amide bonds. The highest BCUT2D eigenvalue weighted by Gasteiger charge is 2.27. The number of fused-ring (bicyclic) bond motifs is 1. The molecule has 174 valence electrons. The monoisotopic (exact) mass is 456 g/mol. The average molecular weight is 457 g/mol. The molecule has 0 atom stereocenters. The van der Waals surface area contributed by atoms with Gasteiger partial charge in [0.2, 0.25) is 0 Å². The van der Waals surface area contributed by atoms with Crippen LogP contribution < -0.4 is 4.74 Å². The Kier molecular flexibility index (Phi) is 6.22. The molecule has 5 rings (SSSR count). The van der Waals surface area contributed by atoms with Gasteiger partial charge in [-0.2, -0.15) is 4.68 Å². The SMILES string of the molecule is CCOc1ccc2ccccc2c1C(=O)N1CCN(Cc2nnnn2-c2ccc(C)cc2)CC1. The molecule has 0 bridgehead atoms. The molecular formula is C26H28N6O2. The molecule has 0 unspecified atom stereocenters. The van der Waals surface area contributed by atoms with Gasteiger partial charge in [0.1, 0.15) is 5.75 Å². The number of piperazine rings is 1. The highest BCUT2D eigenvalue weighted by atomic mass is 16.5. The summed E-state index contributed by atoms with van der Waals surface area (Å²) < 4.78 is 7.61. The highest BCUT2D eigenvalue weighted by molar-refractivity contribution is 6.09.